The van der Waals surface area contributed by atoms with Crippen molar-refractivity contribution in [3.05, 3.63) is 52.8 Å². The van der Waals surface area contributed by atoms with Gasteiger partial charge in [0.25, 0.3) is 0 Å². The molecule has 0 spiro atoms. The van der Waals surface area contributed by atoms with Gasteiger partial charge in [-0.1, -0.05) is 17.7 Å². The minimum Gasteiger partial charge on any atom is -0.397 e. The van der Waals surface area contributed by atoms with Gasteiger partial charge in [0, 0.05) is 10.7 Å². The van der Waals surface area contributed by atoms with Crippen LogP contribution in [-0.2, 0) is 0 Å². The molecule has 0 saturated heterocycles. The van der Waals surface area contributed by atoms with Crippen LogP contribution in [-0.4, -0.2) is 0 Å². The fourth-order valence-corrected chi connectivity index (χ4v) is 1.70. The second-order valence-electron chi connectivity index (χ2n) is 3.82. The maximum Gasteiger partial charge on any atom is 0.125 e. The van der Waals surface area contributed by atoms with E-state index in [9.17, 15) is 4.39 Å². The van der Waals surface area contributed by atoms with Crippen LogP contribution in [0.4, 0.5) is 21.5 Å². The molecule has 2 nitrogen and oxygen atoms in total. The van der Waals surface area contributed by atoms with Crippen molar-refractivity contribution in [1.82, 2.24) is 0 Å². The third-order valence-corrected chi connectivity index (χ3v) is 2.84. The van der Waals surface area contributed by atoms with Gasteiger partial charge in [-0.3, -0.25) is 0 Å². The molecule has 2 aromatic carbocycles. The van der Waals surface area contributed by atoms with Crippen LogP contribution in [0.2, 0.25) is 5.02 Å². The standard InChI is InChI=1S/C13H12ClFN2/c1-8-5-13(12(16)7-11(8)14)17-10-4-2-3-9(15)6-10/h2-7,17H,16H2,1H3. The summed E-state index contributed by atoms with van der Waals surface area (Å²) < 4.78 is 13.0. The van der Waals surface area contributed by atoms with Crippen LogP contribution in [0, 0.1) is 12.7 Å². The van der Waals surface area contributed by atoms with E-state index in [0.717, 1.165) is 11.3 Å². The van der Waals surface area contributed by atoms with Gasteiger partial charge in [-0.25, -0.2) is 4.39 Å². The Hall–Kier alpha value is -1.74. The second-order valence-corrected chi connectivity index (χ2v) is 4.23. The summed E-state index contributed by atoms with van der Waals surface area (Å²) >= 11 is 5.95. The Morgan fingerprint density at radius 1 is 1.24 bits per heavy atom. The molecule has 2 aromatic rings. The van der Waals surface area contributed by atoms with Crippen molar-refractivity contribution in [3.63, 3.8) is 0 Å². The van der Waals surface area contributed by atoms with Gasteiger partial charge in [-0.2, -0.15) is 0 Å². The molecule has 0 amide bonds. The van der Waals surface area contributed by atoms with Crippen LogP contribution in [0.25, 0.3) is 0 Å². The van der Waals surface area contributed by atoms with Crippen LogP contribution < -0.4 is 11.1 Å². The van der Waals surface area contributed by atoms with E-state index < -0.39 is 0 Å². The third kappa shape index (κ3) is 2.68. The fraction of sp³-hybridized carbons (Fsp3) is 0.0769. The predicted molar refractivity (Wildman–Crippen MR) is 70.3 cm³/mol. The highest BCUT2D eigenvalue weighted by Crippen LogP contribution is 2.29. The maximum atomic E-state index is 13.0. The Labute approximate surface area is 104 Å². The van der Waals surface area contributed by atoms with E-state index in [4.69, 9.17) is 17.3 Å². The summed E-state index contributed by atoms with van der Waals surface area (Å²) in [5.74, 6) is -0.292. The van der Waals surface area contributed by atoms with Crippen molar-refractivity contribution in [1.29, 1.82) is 0 Å². The first-order valence-corrected chi connectivity index (χ1v) is 5.52. The number of hydrogen-bond acceptors (Lipinski definition) is 2. The Balaban J connectivity index is 2.33. The van der Waals surface area contributed by atoms with Gasteiger partial charge in [0.05, 0.1) is 11.4 Å². The number of rotatable bonds is 2. The molecule has 88 valence electrons. The second kappa shape index (κ2) is 4.63. The molecule has 0 aromatic heterocycles. The predicted octanol–water partition coefficient (Wildman–Crippen LogP) is 4.11. The smallest absolute Gasteiger partial charge is 0.125 e. The molecular weight excluding hydrogens is 239 g/mol. The molecule has 17 heavy (non-hydrogen) atoms. The average molecular weight is 251 g/mol. The molecule has 0 fully saturated rings. The Morgan fingerprint density at radius 2 is 2.00 bits per heavy atom. The van der Waals surface area contributed by atoms with Gasteiger partial charge >= 0.3 is 0 Å². The largest absolute Gasteiger partial charge is 0.397 e. The number of nitrogens with one attached hydrogen (secondary N) is 1. The molecule has 0 aliphatic carbocycles. The van der Waals surface area contributed by atoms with E-state index in [1.54, 1.807) is 18.2 Å². The number of nitrogens with two attached hydrogens (primary N) is 1. The summed E-state index contributed by atoms with van der Waals surface area (Å²) in [6, 6.07) is 9.72. The fourth-order valence-electron chi connectivity index (χ4n) is 1.53. The van der Waals surface area contributed by atoms with Crippen molar-refractivity contribution >= 4 is 28.7 Å². The summed E-state index contributed by atoms with van der Waals surface area (Å²) in [6.45, 7) is 1.89. The normalized spacial score (nSPS) is 10.3. The number of halogens is 2. The first-order chi connectivity index (χ1) is 8.06. The van der Waals surface area contributed by atoms with E-state index in [-0.39, 0.29) is 5.82 Å². The van der Waals surface area contributed by atoms with Crippen LogP contribution in [0.5, 0.6) is 0 Å². The first kappa shape index (κ1) is 11.7. The van der Waals surface area contributed by atoms with Gasteiger partial charge in [0.15, 0.2) is 0 Å². The van der Waals surface area contributed by atoms with Crippen LogP contribution >= 0.6 is 11.6 Å². The lowest BCUT2D eigenvalue weighted by atomic mass is 10.2. The van der Waals surface area contributed by atoms with Crippen molar-refractivity contribution < 1.29 is 4.39 Å². The minimum atomic E-state index is -0.292. The highest BCUT2D eigenvalue weighted by atomic mass is 35.5. The molecule has 0 aliphatic heterocycles. The number of benzene rings is 2. The molecule has 3 N–H and O–H groups in total. The Kier molecular flexibility index (Phi) is 3.20. The molecule has 2 rings (SSSR count). The van der Waals surface area contributed by atoms with E-state index in [1.807, 2.05) is 13.0 Å². The lowest BCUT2D eigenvalue weighted by Gasteiger charge is -2.11. The van der Waals surface area contributed by atoms with Gasteiger partial charge < -0.3 is 11.1 Å². The zero-order chi connectivity index (χ0) is 12.4. The lowest BCUT2D eigenvalue weighted by Crippen LogP contribution is -1.97. The summed E-state index contributed by atoms with van der Waals surface area (Å²) in [4.78, 5) is 0. The zero-order valence-corrected chi connectivity index (χ0v) is 10.1. The van der Waals surface area contributed by atoms with E-state index in [0.29, 0.717) is 16.4 Å². The van der Waals surface area contributed by atoms with Crippen LogP contribution in [0.15, 0.2) is 36.4 Å². The monoisotopic (exact) mass is 250 g/mol. The molecule has 4 heteroatoms. The topological polar surface area (TPSA) is 38.0 Å². The SMILES string of the molecule is Cc1cc(Nc2cccc(F)c2)c(N)cc1Cl. The molecule has 0 unspecified atom stereocenters. The van der Waals surface area contributed by atoms with Gasteiger partial charge in [-0.05, 0) is 42.8 Å². The maximum absolute atomic E-state index is 13.0. The quantitative estimate of drug-likeness (QED) is 0.787. The Morgan fingerprint density at radius 3 is 2.71 bits per heavy atom. The van der Waals surface area contributed by atoms with Crippen molar-refractivity contribution in [2.45, 2.75) is 6.92 Å². The highest BCUT2D eigenvalue weighted by Gasteiger charge is 2.04. The summed E-state index contributed by atoms with van der Waals surface area (Å²) in [5.41, 5.74) is 8.66. The van der Waals surface area contributed by atoms with Gasteiger partial charge in [0.1, 0.15) is 5.82 Å². The van der Waals surface area contributed by atoms with Crippen molar-refractivity contribution in [3.8, 4) is 0 Å². The Bertz CT molecular complexity index is 555. The highest BCUT2D eigenvalue weighted by molar-refractivity contribution is 6.31. The molecule has 0 aliphatic rings. The van der Waals surface area contributed by atoms with Crippen molar-refractivity contribution in [2.24, 2.45) is 0 Å². The number of anilines is 3. The van der Waals surface area contributed by atoms with E-state index in [1.165, 1.54) is 12.1 Å². The number of aryl methyl sites for hydroxylation is 1. The summed E-state index contributed by atoms with van der Waals surface area (Å²) in [7, 11) is 0. The number of hydrogen-bond donors (Lipinski definition) is 2. The van der Waals surface area contributed by atoms with E-state index >= 15 is 0 Å². The number of nitrogen functional groups attached to an aromatic ring is 1. The van der Waals surface area contributed by atoms with Crippen molar-refractivity contribution in [2.75, 3.05) is 11.1 Å². The summed E-state index contributed by atoms with van der Waals surface area (Å²) in [5, 5.41) is 3.68. The van der Waals surface area contributed by atoms with Crippen LogP contribution in [0.3, 0.4) is 0 Å². The summed E-state index contributed by atoms with van der Waals surface area (Å²) in [6.07, 6.45) is 0. The van der Waals surface area contributed by atoms with Gasteiger partial charge in [-0.15, -0.1) is 0 Å². The van der Waals surface area contributed by atoms with Crippen LogP contribution in [0.1, 0.15) is 5.56 Å². The molecule has 0 bridgehead atoms. The average Bonchev–Trinajstić information content (AvgIpc) is 2.26. The first-order valence-electron chi connectivity index (χ1n) is 5.14. The molecule has 0 radical (unpaired) electrons. The molecule has 0 atom stereocenters. The molecular formula is C13H12ClFN2. The molecule has 0 heterocycles. The van der Waals surface area contributed by atoms with E-state index in [2.05, 4.69) is 5.32 Å². The lowest BCUT2D eigenvalue weighted by molar-refractivity contribution is 0.628. The van der Waals surface area contributed by atoms with Gasteiger partial charge in [0.2, 0.25) is 0 Å². The molecule has 0 saturated carbocycles. The minimum absolute atomic E-state index is 0.292. The zero-order valence-electron chi connectivity index (χ0n) is 9.30. The third-order valence-electron chi connectivity index (χ3n) is 2.43.